The van der Waals surface area contributed by atoms with Gasteiger partial charge in [-0.2, -0.15) is 0 Å². The Morgan fingerprint density at radius 1 is 0.967 bits per heavy atom. The van der Waals surface area contributed by atoms with Crippen molar-refractivity contribution in [1.82, 2.24) is 30.2 Å². The lowest BCUT2D eigenvalue weighted by molar-refractivity contribution is 0.0698. The maximum atomic E-state index is 11.6. The second kappa shape index (κ2) is 7.25. The molecule has 8 heteroatoms. The molecule has 0 aliphatic carbocycles. The zero-order chi connectivity index (χ0) is 20.5. The van der Waals surface area contributed by atoms with Crippen molar-refractivity contribution in [1.29, 1.82) is 0 Å². The fourth-order valence-electron chi connectivity index (χ4n) is 3.62. The van der Waals surface area contributed by atoms with Gasteiger partial charge in [-0.3, -0.25) is 0 Å². The van der Waals surface area contributed by atoms with Gasteiger partial charge in [-0.1, -0.05) is 54.6 Å². The number of benzene rings is 3. The van der Waals surface area contributed by atoms with Crippen molar-refractivity contribution in [3.63, 3.8) is 0 Å². The summed E-state index contributed by atoms with van der Waals surface area (Å²) in [6, 6.07) is 21.2. The van der Waals surface area contributed by atoms with Gasteiger partial charge in [0.15, 0.2) is 5.82 Å². The van der Waals surface area contributed by atoms with Crippen molar-refractivity contribution in [3.05, 3.63) is 84.2 Å². The Kier molecular flexibility index (Phi) is 4.29. The molecule has 0 saturated heterocycles. The van der Waals surface area contributed by atoms with Crippen molar-refractivity contribution in [2.24, 2.45) is 0 Å². The number of carboxylic acids is 1. The number of tetrazole rings is 1. The van der Waals surface area contributed by atoms with E-state index in [1.165, 1.54) is 0 Å². The predicted octanol–water partition coefficient (Wildman–Crippen LogP) is 3.63. The Hall–Kier alpha value is -4.33. The lowest BCUT2D eigenvalue weighted by Gasteiger charge is -2.10. The van der Waals surface area contributed by atoms with Gasteiger partial charge < -0.3 is 9.67 Å². The lowest BCUT2D eigenvalue weighted by Crippen LogP contribution is -2.04. The third-order valence-electron chi connectivity index (χ3n) is 5.01. The molecular weight excluding hydrogens is 380 g/mol. The van der Waals surface area contributed by atoms with Crippen LogP contribution in [0.4, 0.5) is 0 Å². The van der Waals surface area contributed by atoms with Crippen LogP contribution in [0.25, 0.3) is 33.5 Å². The zero-order valence-corrected chi connectivity index (χ0v) is 15.7. The van der Waals surface area contributed by atoms with E-state index in [2.05, 4.69) is 25.6 Å². The summed E-state index contributed by atoms with van der Waals surface area (Å²) in [5, 5.41) is 23.6. The van der Waals surface area contributed by atoms with E-state index >= 15 is 0 Å². The fraction of sp³-hybridized carbons (Fsp3) is 0.0455. The summed E-state index contributed by atoms with van der Waals surface area (Å²) in [5.74, 6) is -0.350. The topological polar surface area (TPSA) is 110 Å². The van der Waals surface area contributed by atoms with E-state index in [1.54, 1.807) is 18.5 Å². The maximum absolute atomic E-state index is 11.6. The van der Waals surface area contributed by atoms with Crippen LogP contribution in [0.3, 0.4) is 0 Å². The largest absolute Gasteiger partial charge is 0.478 e. The molecule has 146 valence electrons. The van der Waals surface area contributed by atoms with Gasteiger partial charge in [-0.25, -0.2) is 14.9 Å². The SMILES string of the molecule is O=C(O)c1cccc2ncn(Cc3ccc(-c4ccccc4-c4nnn[nH]4)cc3)c12. The number of nitrogens with one attached hydrogen (secondary N) is 1. The Balaban J connectivity index is 1.48. The Morgan fingerprint density at radius 2 is 1.77 bits per heavy atom. The summed E-state index contributed by atoms with van der Waals surface area (Å²) in [5.41, 5.74) is 5.55. The summed E-state index contributed by atoms with van der Waals surface area (Å²) >= 11 is 0. The van der Waals surface area contributed by atoms with Crippen LogP contribution < -0.4 is 0 Å². The molecule has 0 bridgehead atoms. The lowest BCUT2D eigenvalue weighted by atomic mass is 9.98. The quantitative estimate of drug-likeness (QED) is 0.469. The Labute approximate surface area is 170 Å². The average molecular weight is 396 g/mol. The molecular formula is C22H16N6O2. The van der Waals surface area contributed by atoms with Crippen LogP contribution in [0, 0.1) is 0 Å². The number of aromatic carboxylic acids is 1. The summed E-state index contributed by atoms with van der Waals surface area (Å²) in [6.07, 6.45) is 1.68. The van der Waals surface area contributed by atoms with Gasteiger partial charge in [0.05, 0.1) is 22.9 Å². The molecule has 5 rings (SSSR count). The minimum atomic E-state index is -0.962. The van der Waals surface area contributed by atoms with Gasteiger partial charge in [0.25, 0.3) is 0 Å². The van der Waals surface area contributed by atoms with E-state index in [0.717, 1.165) is 22.3 Å². The molecule has 0 amide bonds. The van der Waals surface area contributed by atoms with Gasteiger partial charge in [0, 0.05) is 12.1 Å². The van der Waals surface area contributed by atoms with Crippen molar-refractivity contribution >= 4 is 17.0 Å². The van der Waals surface area contributed by atoms with Crippen LogP contribution >= 0.6 is 0 Å². The van der Waals surface area contributed by atoms with Gasteiger partial charge in [-0.15, -0.1) is 5.10 Å². The summed E-state index contributed by atoms with van der Waals surface area (Å²) in [4.78, 5) is 15.9. The highest BCUT2D eigenvalue weighted by molar-refractivity contribution is 6.01. The molecule has 2 heterocycles. The Morgan fingerprint density at radius 3 is 2.50 bits per heavy atom. The normalized spacial score (nSPS) is 11.1. The summed E-state index contributed by atoms with van der Waals surface area (Å²) in [6.45, 7) is 0.523. The highest BCUT2D eigenvalue weighted by Crippen LogP contribution is 2.30. The molecule has 2 N–H and O–H groups in total. The second-order valence-corrected chi connectivity index (χ2v) is 6.84. The number of aromatic nitrogens is 6. The molecule has 30 heavy (non-hydrogen) atoms. The van der Waals surface area contributed by atoms with Crippen LogP contribution in [0.15, 0.2) is 73.1 Å². The van der Waals surface area contributed by atoms with Crippen molar-refractivity contribution in [2.75, 3.05) is 0 Å². The van der Waals surface area contributed by atoms with E-state index in [-0.39, 0.29) is 5.56 Å². The molecule has 0 aliphatic heterocycles. The third-order valence-corrected chi connectivity index (χ3v) is 5.01. The summed E-state index contributed by atoms with van der Waals surface area (Å²) in [7, 11) is 0. The van der Waals surface area contributed by atoms with E-state index in [9.17, 15) is 9.90 Å². The number of carboxylic acid groups (broad SMARTS) is 1. The highest BCUT2D eigenvalue weighted by atomic mass is 16.4. The molecule has 3 aromatic carbocycles. The molecule has 0 fully saturated rings. The Bertz CT molecular complexity index is 1340. The molecule has 8 nitrogen and oxygen atoms in total. The van der Waals surface area contributed by atoms with Crippen molar-refractivity contribution in [2.45, 2.75) is 6.54 Å². The minimum absolute atomic E-state index is 0.246. The van der Waals surface area contributed by atoms with E-state index in [0.29, 0.717) is 23.4 Å². The predicted molar refractivity (Wildman–Crippen MR) is 111 cm³/mol. The first kappa shape index (κ1) is 17.7. The van der Waals surface area contributed by atoms with Gasteiger partial charge in [0.2, 0.25) is 0 Å². The number of aromatic amines is 1. The van der Waals surface area contributed by atoms with Crippen molar-refractivity contribution < 1.29 is 9.90 Å². The number of hydrogen-bond acceptors (Lipinski definition) is 5. The van der Waals surface area contributed by atoms with Crippen LogP contribution in [0.5, 0.6) is 0 Å². The number of hydrogen-bond donors (Lipinski definition) is 2. The molecule has 0 spiro atoms. The number of rotatable bonds is 5. The third kappa shape index (κ3) is 3.10. The first-order valence-corrected chi connectivity index (χ1v) is 9.30. The van der Waals surface area contributed by atoms with Crippen molar-refractivity contribution in [3.8, 4) is 22.5 Å². The number of carbonyl (C=O) groups is 1. The standard InChI is InChI=1S/C22H16N6O2/c29-22(30)18-6-3-7-19-20(18)28(13-23-19)12-14-8-10-15(11-9-14)16-4-1-2-5-17(16)21-24-26-27-25-21/h1-11,13H,12H2,(H,29,30)(H,24,25,26,27). The average Bonchev–Trinajstić information content (AvgIpc) is 3.45. The van der Waals surface area contributed by atoms with Crippen LogP contribution in [0.1, 0.15) is 15.9 Å². The molecule has 0 atom stereocenters. The van der Waals surface area contributed by atoms with Crippen LogP contribution in [-0.2, 0) is 6.54 Å². The van der Waals surface area contributed by atoms with Gasteiger partial charge in [0.1, 0.15) is 0 Å². The number of fused-ring (bicyclic) bond motifs is 1. The molecule has 0 saturated carbocycles. The van der Waals surface area contributed by atoms with E-state index in [4.69, 9.17) is 0 Å². The highest BCUT2D eigenvalue weighted by Gasteiger charge is 2.14. The van der Waals surface area contributed by atoms with Gasteiger partial charge >= 0.3 is 5.97 Å². The zero-order valence-electron chi connectivity index (χ0n) is 15.7. The number of H-pyrrole nitrogens is 1. The first-order chi connectivity index (χ1) is 14.7. The number of nitrogens with zero attached hydrogens (tertiary/aromatic N) is 5. The first-order valence-electron chi connectivity index (χ1n) is 9.30. The molecule has 5 aromatic rings. The minimum Gasteiger partial charge on any atom is -0.478 e. The smallest absolute Gasteiger partial charge is 0.337 e. The molecule has 2 aromatic heterocycles. The molecule has 0 aliphatic rings. The fourth-order valence-corrected chi connectivity index (χ4v) is 3.62. The van der Waals surface area contributed by atoms with E-state index < -0.39 is 5.97 Å². The van der Waals surface area contributed by atoms with Crippen LogP contribution in [-0.4, -0.2) is 41.3 Å². The maximum Gasteiger partial charge on any atom is 0.337 e. The van der Waals surface area contributed by atoms with Crippen LogP contribution in [0.2, 0.25) is 0 Å². The summed E-state index contributed by atoms with van der Waals surface area (Å²) < 4.78 is 1.86. The van der Waals surface area contributed by atoms with Gasteiger partial charge in [-0.05, 0) is 39.2 Å². The monoisotopic (exact) mass is 396 g/mol. The second-order valence-electron chi connectivity index (χ2n) is 6.84. The van der Waals surface area contributed by atoms with E-state index in [1.807, 2.05) is 59.2 Å². The number of para-hydroxylation sites is 1. The molecule has 0 radical (unpaired) electrons. The number of imidazole rings is 1. The molecule has 0 unspecified atom stereocenters.